The lowest BCUT2D eigenvalue weighted by molar-refractivity contribution is 0.221. The van der Waals surface area contributed by atoms with Crippen LogP contribution in [0.25, 0.3) is 10.9 Å². The van der Waals surface area contributed by atoms with Gasteiger partial charge in [0.25, 0.3) is 0 Å². The number of halogens is 3. The lowest BCUT2D eigenvalue weighted by Gasteiger charge is -2.26. The van der Waals surface area contributed by atoms with E-state index in [4.69, 9.17) is 27.9 Å². The minimum absolute atomic E-state index is 0.320. The van der Waals surface area contributed by atoms with Crippen LogP contribution in [-0.2, 0) is 0 Å². The highest BCUT2D eigenvalue weighted by Crippen LogP contribution is 2.36. The predicted octanol–water partition coefficient (Wildman–Crippen LogP) is 7.77. The van der Waals surface area contributed by atoms with Gasteiger partial charge in [-0.1, -0.05) is 29.6 Å². The molecule has 0 saturated carbocycles. The number of aromatic nitrogens is 1. The number of piperidine rings is 1. The zero-order valence-electron chi connectivity index (χ0n) is 17.9. The molecule has 4 rings (SSSR count). The second-order valence-corrected chi connectivity index (χ2v) is 9.75. The first-order valence-electron chi connectivity index (χ1n) is 11.1. The van der Waals surface area contributed by atoms with Crippen LogP contribution in [0.3, 0.4) is 0 Å². The molecule has 172 valence electrons. The Morgan fingerprint density at radius 3 is 2.69 bits per heavy atom. The molecule has 8 heteroatoms. The number of nitrogens with one attached hydrogen (secondary N) is 2. The molecule has 0 spiro atoms. The number of fused-ring (bicyclic) bond motifs is 1. The lowest BCUT2D eigenvalue weighted by Crippen LogP contribution is -2.30. The van der Waals surface area contributed by atoms with E-state index in [1.165, 1.54) is 63.3 Å². The second kappa shape index (κ2) is 11.5. The van der Waals surface area contributed by atoms with Crippen LogP contribution in [0, 0.1) is 5.82 Å². The van der Waals surface area contributed by atoms with E-state index in [-0.39, 0.29) is 5.82 Å². The van der Waals surface area contributed by atoms with Gasteiger partial charge < -0.3 is 19.3 Å². The standard InChI is InChI=1S/C24H28Cl2FN3OS/c25-18-8-9-21(24-23(18)19(26)16-28-24)29-32-22-10-7-17(15-20(22)27)31-14-6-2-5-13-30-11-3-1-4-12-30/h7-10,15-16,28-29H,1-6,11-14H2. The monoisotopic (exact) mass is 495 g/mol. The highest BCUT2D eigenvalue weighted by molar-refractivity contribution is 8.00. The van der Waals surface area contributed by atoms with E-state index < -0.39 is 0 Å². The molecule has 0 aliphatic carbocycles. The van der Waals surface area contributed by atoms with Crippen molar-refractivity contribution >= 4 is 51.7 Å². The van der Waals surface area contributed by atoms with Crippen molar-refractivity contribution in [2.45, 2.75) is 43.4 Å². The number of aromatic amines is 1. The van der Waals surface area contributed by atoms with E-state index in [0.717, 1.165) is 29.4 Å². The topological polar surface area (TPSA) is 40.3 Å². The van der Waals surface area contributed by atoms with Crippen LogP contribution in [-0.4, -0.2) is 36.1 Å². The molecular weight excluding hydrogens is 468 g/mol. The third-order valence-corrected chi connectivity index (χ3v) is 7.23. The van der Waals surface area contributed by atoms with Gasteiger partial charge >= 0.3 is 0 Å². The predicted molar refractivity (Wildman–Crippen MR) is 134 cm³/mol. The van der Waals surface area contributed by atoms with Gasteiger partial charge in [-0.2, -0.15) is 0 Å². The number of H-pyrrole nitrogens is 1. The zero-order chi connectivity index (χ0) is 22.3. The number of unbranched alkanes of at least 4 members (excludes halogenated alkanes) is 2. The van der Waals surface area contributed by atoms with Gasteiger partial charge in [-0.3, -0.25) is 0 Å². The number of hydrogen-bond donors (Lipinski definition) is 2. The van der Waals surface area contributed by atoms with Crippen LogP contribution >= 0.6 is 35.1 Å². The summed E-state index contributed by atoms with van der Waals surface area (Å²) in [6.07, 6.45) is 9.05. The molecule has 4 nitrogen and oxygen atoms in total. The number of hydrogen-bond acceptors (Lipinski definition) is 4. The smallest absolute Gasteiger partial charge is 0.142 e. The largest absolute Gasteiger partial charge is 0.493 e. The summed E-state index contributed by atoms with van der Waals surface area (Å²) in [5, 5.41) is 1.87. The number of ether oxygens (including phenoxy) is 1. The molecule has 0 unspecified atom stereocenters. The Balaban J connectivity index is 1.22. The Hall–Kier alpha value is -1.60. The quantitative estimate of drug-likeness (QED) is 0.222. The average Bonchev–Trinajstić information content (AvgIpc) is 3.20. The molecule has 0 atom stereocenters. The zero-order valence-corrected chi connectivity index (χ0v) is 20.3. The summed E-state index contributed by atoms with van der Waals surface area (Å²) in [5.74, 6) is 0.243. The van der Waals surface area contributed by atoms with E-state index >= 15 is 0 Å². The second-order valence-electron chi connectivity index (χ2n) is 8.09. The van der Waals surface area contributed by atoms with E-state index in [1.54, 1.807) is 18.3 Å². The molecule has 2 heterocycles. The summed E-state index contributed by atoms with van der Waals surface area (Å²) < 4.78 is 23.5. The van der Waals surface area contributed by atoms with Crippen molar-refractivity contribution in [2.75, 3.05) is 31.0 Å². The van der Waals surface area contributed by atoms with Gasteiger partial charge in [0.05, 0.1) is 32.8 Å². The van der Waals surface area contributed by atoms with Crippen molar-refractivity contribution in [1.82, 2.24) is 9.88 Å². The highest BCUT2D eigenvalue weighted by atomic mass is 35.5. The van der Waals surface area contributed by atoms with Crippen molar-refractivity contribution in [3.63, 3.8) is 0 Å². The van der Waals surface area contributed by atoms with Crippen molar-refractivity contribution in [2.24, 2.45) is 0 Å². The van der Waals surface area contributed by atoms with Gasteiger partial charge in [-0.15, -0.1) is 0 Å². The maximum Gasteiger partial charge on any atom is 0.142 e. The van der Waals surface area contributed by atoms with Gasteiger partial charge in [0, 0.05) is 17.6 Å². The van der Waals surface area contributed by atoms with Crippen LogP contribution in [0.1, 0.15) is 38.5 Å². The molecule has 1 saturated heterocycles. The molecule has 0 bridgehead atoms. The Bertz CT molecular complexity index is 1040. The molecule has 1 aliphatic rings. The molecule has 32 heavy (non-hydrogen) atoms. The highest BCUT2D eigenvalue weighted by Gasteiger charge is 2.12. The fourth-order valence-electron chi connectivity index (χ4n) is 4.00. The molecule has 0 radical (unpaired) electrons. The maximum absolute atomic E-state index is 14.6. The molecule has 1 fully saturated rings. The van der Waals surface area contributed by atoms with Gasteiger partial charge in [0.1, 0.15) is 11.6 Å². The van der Waals surface area contributed by atoms with Gasteiger partial charge in [-0.05, 0) is 88.0 Å². The molecule has 2 N–H and O–H groups in total. The van der Waals surface area contributed by atoms with E-state index in [9.17, 15) is 4.39 Å². The SMILES string of the molecule is Fc1cc(OCCCCCN2CCCCC2)ccc1SNc1ccc(Cl)c2c(Cl)c[nH]c12. The normalized spacial score (nSPS) is 14.7. The number of nitrogens with zero attached hydrogens (tertiary/aromatic N) is 1. The minimum atomic E-state index is -0.320. The number of likely N-dealkylation sites (tertiary alicyclic amines) is 1. The van der Waals surface area contributed by atoms with Crippen LogP contribution in [0.15, 0.2) is 41.4 Å². The maximum atomic E-state index is 14.6. The van der Waals surface area contributed by atoms with E-state index in [0.29, 0.717) is 27.3 Å². The average molecular weight is 496 g/mol. The Kier molecular flexibility index (Phi) is 8.47. The van der Waals surface area contributed by atoms with Crippen molar-refractivity contribution in [1.29, 1.82) is 0 Å². The molecular formula is C24H28Cl2FN3OS. The van der Waals surface area contributed by atoms with Gasteiger partial charge in [0.15, 0.2) is 0 Å². The fraction of sp³-hybridized carbons (Fsp3) is 0.417. The van der Waals surface area contributed by atoms with Crippen LogP contribution in [0.5, 0.6) is 5.75 Å². The van der Waals surface area contributed by atoms with Crippen LogP contribution in [0.4, 0.5) is 10.1 Å². The Labute approximate surface area is 202 Å². The summed E-state index contributed by atoms with van der Waals surface area (Å²) in [4.78, 5) is 6.15. The van der Waals surface area contributed by atoms with Crippen molar-refractivity contribution in [3.05, 3.63) is 52.4 Å². The van der Waals surface area contributed by atoms with Crippen molar-refractivity contribution in [3.8, 4) is 5.75 Å². The van der Waals surface area contributed by atoms with Gasteiger partial charge in [0.2, 0.25) is 0 Å². The first-order chi connectivity index (χ1) is 15.6. The first kappa shape index (κ1) is 23.6. The van der Waals surface area contributed by atoms with Crippen LogP contribution < -0.4 is 9.46 Å². The van der Waals surface area contributed by atoms with Crippen LogP contribution in [0.2, 0.25) is 10.0 Å². The molecule has 1 aromatic heterocycles. The molecule has 1 aliphatic heterocycles. The van der Waals surface area contributed by atoms with E-state index in [2.05, 4.69) is 14.6 Å². The molecule has 2 aromatic carbocycles. The Morgan fingerprint density at radius 1 is 1.03 bits per heavy atom. The number of benzene rings is 2. The van der Waals surface area contributed by atoms with Crippen molar-refractivity contribution < 1.29 is 9.13 Å². The first-order valence-corrected chi connectivity index (χ1v) is 12.7. The third kappa shape index (κ3) is 6.04. The summed E-state index contributed by atoms with van der Waals surface area (Å²) in [5.41, 5.74) is 1.57. The van der Waals surface area contributed by atoms with Gasteiger partial charge in [-0.25, -0.2) is 4.39 Å². The number of rotatable bonds is 10. The summed E-state index contributed by atoms with van der Waals surface area (Å²) in [7, 11) is 0. The third-order valence-electron chi connectivity index (χ3n) is 5.75. The summed E-state index contributed by atoms with van der Waals surface area (Å²) in [6, 6.07) is 8.59. The fourth-order valence-corrected chi connectivity index (χ4v) is 5.25. The Morgan fingerprint density at radius 2 is 1.88 bits per heavy atom. The lowest BCUT2D eigenvalue weighted by atomic mass is 10.1. The number of anilines is 1. The van der Waals surface area contributed by atoms with E-state index in [1.807, 2.05) is 12.1 Å². The minimum Gasteiger partial charge on any atom is -0.493 e. The molecule has 0 amide bonds. The summed E-state index contributed by atoms with van der Waals surface area (Å²) in [6.45, 7) is 4.29. The summed E-state index contributed by atoms with van der Waals surface area (Å²) >= 11 is 13.6. The molecule has 3 aromatic rings.